The van der Waals surface area contributed by atoms with E-state index in [0.29, 0.717) is 6.54 Å². The van der Waals surface area contributed by atoms with Gasteiger partial charge in [-0.05, 0) is 24.6 Å². The number of hydrogen-bond donors (Lipinski definition) is 1. The van der Waals surface area contributed by atoms with E-state index >= 15 is 0 Å². The first-order chi connectivity index (χ1) is 8.79. The van der Waals surface area contributed by atoms with Gasteiger partial charge in [0, 0.05) is 12.1 Å². The van der Waals surface area contributed by atoms with E-state index in [1.807, 2.05) is 28.8 Å². The van der Waals surface area contributed by atoms with Crippen LogP contribution in [0.1, 0.15) is 11.3 Å². The van der Waals surface area contributed by atoms with Gasteiger partial charge in [-0.2, -0.15) is 5.10 Å². The molecule has 1 aromatic carbocycles. The molecule has 0 saturated heterocycles. The second kappa shape index (κ2) is 4.23. The molecule has 0 aliphatic heterocycles. The maximum absolute atomic E-state index is 5.68. The van der Waals surface area contributed by atoms with Crippen LogP contribution in [0.5, 0.6) is 0 Å². The van der Waals surface area contributed by atoms with Crippen LogP contribution in [0.3, 0.4) is 0 Å². The lowest BCUT2D eigenvalue weighted by molar-refractivity contribution is 0.849. The maximum Gasteiger partial charge on any atom is 0.153 e. The second-order valence-corrected chi connectivity index (χ2v) is 4.26. The highest BCUT2D eigenvalue weighted by atomic mass is 15.3. The molecular formula is C14H14N4. The van der Waals surface area contributed by atoms with Crippen LogP contribution >= 0.6 is 0 Å². The van der Waals surface area contributed by atoms with Gasteiger partial charge in [-0.1, -0.05) is 24.3 Å². The van der Waals surface area contributed by atoms with Crippen molar-refractivity contribution in [1.82, 2.24) is 14.6 Å². The number of imidazole rings is 1. The van der Waals surface area contributed by atoms with Gasteiger partial charge in [0.25, 0.3) is 0 Å². The van der Waals surface area contributed by atoms with E-state index in [4.69, 9.17) is 5.73 Å². The van der Waals surface area contributed by atoms with Gasteiger partial charge in [0.2, 0.25) is 0 Å². The van der Waals surface area contributed by atoms with Crippen LogP contribution in [0, 0.1) is 6.92 Å². The summed E-state index contributed by atoms with van der Waals surface area (Å²) in [6.07, 6.45) is 1.77. The third-order valence-corrected chi connectivity index (χ3v) is 3.06. The highest BCUT2D eigenvalue weighted by Crippen LogP contribution is 2.21. The maximum atomic E-state index is 5.68. The number of aryl methyl sites for hydroxylation is 1. The fourth-order valence-corrected chi connectivity index (χ4v) is 2.06. The molecule has 0 aliphatic carbocycles. The number of rotatable bonds is 2. The molecule has 0 saturated carbocycles. The van der Waals surface area contributed by atoms with Crippen LogP contribution in [0.25, 0.3) is 16.9 Å². The van der Waals surface area contributed by atoms with Gasteiger partial charge in [-0.15, -0.1) is 0 Å². The van der Waals surface area contributed by atoms with E-state index in [9.17, 15) is 0 Å². The van der Waals surface area contributed by atoms with Gasteiger partial charge < -0.3 is 5.73 Å². The lowest BCUT2D eigenvalue weighted by Gasteiger charge is -2.06. The average Bonchev–Trinajstić information content (AvgIpc) is 2.81. The van der Waals surface area contributed by atoms with Crippen molar-refractivity contribution in [3.8, 4) is 11.3 Å². The zero-order valence-corrected chi connectivity index (χ0v) is 10.2. The lowest BCUT2D eigenvalue weighted by Crippen LogP contribution is -2.04. The van der Waals surface area contributed by atoms with Crippen LogP contribution in [0.2, 0.25) is 0 Å². The molecule has 0 amide bonds. The molecule has 0 unspecified atom stereocenters. The van der Waals surface area contributed by atoms with Crippen LogP contribution < -0.4 is 5.73 Å². The fraction of sp³-hybridized carbons (Fsp3) is 0.143. The molecule has 4 nitrogen and oxygen atoms in total. The quantitative estimate of drug-likeness (QED) is 0.744. The Morgan fingerprint density at radius 2 is 2.00 bits per heavy atom. The van der Waals surface area contributed by atoms with Crippen molar-refractivity contribution in [3.63, 3.8) is 0 Å². The second-order valence-electron chi connectivity index (χ2n) is 4.26. The molecule has 3 aromatic rings. The molecule has 3 rings (SSSR count). The molecule has 0 spiro atoms. The molecule has 2 aromatic heterocycles. The van der Waals surface area contributed by atoms with Crippen molar-refractivity contribution >= 4 is 5.65 Å². The molecule has 0 atom stereocenters. The zero-order valence-electron chi connectivity index (χ0n) is 10.2. The number of nitrogens with two attached hydrogens (primary N) is 1. The number of hydrogen-bond acceptors (Lipinski definition) is 3. The number of fused-ring (bicyclic) bond motifs is 1. The fourth-order valence-electron chi connectivity index (χ4n) is 2.06. The zero-order chi connectivity index (χ0) is 12.5. The monoisotopic (exact) mass is 238 g/mol. The highest BCUT2D eigenvalue weighted by molar-refractivity contribution is 5.64. The minimum Gasteiger partial charge on any atom is -0.325 e. The highest BCUT2D eigenvalue weighted by Gasteiger charge is 2.07. The van der Waals surface area contributed by atoms with Crippen molar-refractivity contribution in [1.29, 1.82) is 0 Å². The van der Waals surface area contributed by atoms with Gasteiger partial charge in [0.1, 0.15) is 0 Å². The topological polar surface area (TPSA) is 56.2 Å². The van der Waals surface area contributed by atoms with Gasteiger partial charge in [0.15, 0.2) is 5.65 Å². The van der Waals surface area contributed by atoms with Crippen molar-refractivity contribution in [3.05, 3.63) is 53.9 Å². The summed E-state index contributed by atoms with van der Waals surface area (Å²) in [5.74, 6) is 0. The Bertz CT molecular complexity index is 700. The Kier molecular flexibility index (Phi) is 2.57. The van der Waals surface area contributed by atoms with Crippen molar-refractivity contribution < 1.29 is 0 Å². The first-order valence-electron chi connectivity index (χ1n) is 5.89. The SMILES string of the molecule is Cc1ccccc1-c1ccc2ncc(CN)n2n1. The summed E-state index contributed by atoms with van der Waals surface area (Å²) >= 11 is 0. The Balaban J connectivity index is 2.21. The number of nitrogens with zero attached hydrogens (tertiary/aromatic N) is 3. The normalized spacial score (nSPS) is 11.0. The van der Waals surface area contributed by atoms with Crippen LogP contribution in [0.4, 0.5) is 0 Å². The molecule has 2 heterocycles. The van der Waals surface area contributed by atoms with E-state index < -0.39 is 0 Å². The minimum absolute atomic E-state index is 0.436. The molecule has 90 valence electrons. The standard InChI is InChI=1S/C14H14N4/c1-10-4-2-3-5-12(10)13-6-7-14-16-9-11(8-15)18(14)17-13/h2-7,9H,8,15H2,1H3. The Morgan fingerprint density at radius 1 is 1.17 bits per heavy atom. The average molecular weight is 238 g/mol. The Hall–Kier alpha value is -2.20. The molecule has 0 bridgehead atoms. The van der Waals surface area contributed by atoms with Gasteiger partial charge >= 0.3 is 0 Å². The van der Waals surface area contributed by atoms with Gasteiger partial charge in [0.05, 0.1) is 17.6 Å². The summed E-state index contributed by atoms with van der Waals surface area (Å²) in [7, 11) is 0. The minimum atomic E-state index is 0.436. The van der Waals surface area contributed by atoms with Crippen LogP contribution in [0.15, 0.2) is 42.6 Å². The van der Waals surface area contributed by atoms with Crippen molar-refractivity contribution in [2.45, 2.75) is 13.5 Å². The van der Waals surface area contributed by atoms with Gasteiger partial charge in [-0.3, -0.25) is 0 Å². The third kappa shape index (κ3) is 1.67. The van der Waals surface area contributed by atoms with E-state index in [2.05, 4.69) is 29.1 Å². The largest absolute Gasteiger partial charge is 0.325 e. The lowest BCUT2D eigenvalue weighted by atomic mass is 10.1. The summed E-state index contributed by atoms with van der Waals surface area (Å²) in [5.41, 5.74) is 10.7. The first kappa shape index (κ1) is 10.9. The molecule has 0 aliphatic rings. The molecule has 4 heteroatoms. The molecular weight excluding hydrogens is 224 g/mol. The van der Waals surface area contributed by atoms with Crippen LogP contribution in [-0.4, -0.2) is 14.6 Å². The summed E-state index contributed by atoms with van der Waals surface area (Å²) < 4.78 is 1.81. The van der Waals surface area contributed by atoms with E-state index in [0.717, 1.165) is 22.6 Å². The van der Waals surface area contributed by atoms with E-state index in [1.165, 1.54) is 5.56 Å². The number of benzene rings is 1. The number of aromatic nitrogens is 3. The predicted octanol–water partition coefficient (Wildman–Crippen LogP) is 2.16. The summed E-state index contributed by atoms with van der Waals surface area (Å²) in [6, 6.07) is 12.2. The Labute approximate surface area is 105 Å². The molecule has 2 N–H and O–H groups in total. The summed E-state index contributed by atoms with van der Waals surface area (Å²) in [6.45, 7) is 2.52. The van der Waals surface area contributed by atoms with Gasteiger partial charge in [-0.25, -0.2) is 9.50 Å². The molecule has 0 fully saturated rings. The molecule has 0 radical (unpaired) electrons. The van der Waals surface area contributed by atoms with Crippen LogP contribution in [-0.2, 0) is 6.54 Å². The predicted molar refractivity (Wildman–Crippen MR) is 71.1 cm³/mol. The summed E-state index contributed by atoms with van der Waals surface area (Å²) in [5, 5.41) is 4.61. The van der Waals surface area contributed by atoms with Crippen molar-refractivity contribution in [2.75, 3.05) is 0 Å². The Morgan fingerprint density at radius 3 is 2.78 bits per heavy atom. The molecule has 18 heavy (non-hydrogen) atoms. The smallest absolute Gasteiger partial charge is 0.153 e. The summed E-state index contributed by atoms with van der Waals surface area (Å²) in [4.78, 5) is 4.27. The third-order valence-electron chi connectivity index (χ3n) is 3.06. The van der Waals surface area contributed by atoms with E-state index in [-0.39, 0.29) is 0 Å². The van der Waals surface area contributed by atoms with Crippen molar-refractivity contribution in [2.24, 2.45) is 5.73 Å². The first-order valence-corrected chi connectivity index (χ1v) is 5.89. The van der Waals surface area contributed by atoms with E-state index in [1.54, 1.807) is 6.20 Å².